The molecule has 0 fully saturated rings. The summed E-state index contributed by atoms with van der Waals surface area (Å²) in [5.74, 6) is -3.74. The number of carbonyl (C=O) groups excluding carboxylic acids is 1. The molecule has 114 valence electrons. The molecule has 1 aromatic rings. The quantitative estimate of drug-likeness (QED) is 0.658. The molecule has 0 bridgehead atoms. The molecule has 0 aromatic heterocycles. The zero-order valence-electron chi connectivity index (χ0n) is 10.9. The van der Waals surface area contributed by atoms with Gasteiger partial charge in [-0.05, 0) is 18.2 Å². The van der Waals surface area contributed by atoms with Crippen molar-refractivity contribution in [3.05, 3.63) is 29.8 Å². The van der Waals surface area contributed by atoms with Crippen LogP contribution in [-0.2, 0) is 19.4 Å². The van der Waals surface area contributed by atoms with Gasteiger partial charge < -0.3 is 15.5 Å². The van der Waals surface area contributed by atoms with Crippen molar-refractivity contribution in [1.29, 1.82) is 0 Å². The molecule has 0 saturated heterocycles. The van der Waals surface area contributed by atoms with Crippen LogP contribution >= 0.6 is 0 Å². The molecule has 0 heterocycles. The van der Waals surface area contributed by atoms with Gasteiger partial charge in [-0.3, -0.25) is 9.59 Å². The van der Waals surface area contributed by atoms with Crippen molar-refractivity contribution in [3.63, 3.8) is 0 Å². The van der Waals surface area contributed by atoms with E-state index >= 15 is 0 Å². The lowest BCUT2D eigenvalue weighted by molar-refractivity contribution is -0.145. The lowest BCUT2D eigenvalue weighted by Gasteiger charge is -2.12. The van der Waals surface area contributed by atoms with Gasteiger partial charge in [0.15, 0.2) is 9.84 Å². The highest BCUT2D eigenvalue weighted by Gasteiger charge is 2.24. The van der Waals surface area contributed by atoms with Gasteiger partial charge in [-0.15, -0.1) is 0 Å². The van der Waals surface area contributed by atoms with Crippen LogP contribution in [0, 0.1) is 0 Å². The standard InChI is InChI=1S/C12H13NO7S/c1-21(19,20)8-4-2-3-7(5-8)11(16)13-9(12(17)18)6-10(14)15/h2-5,9H,6H2,1H3,(H,13,16)(H,14,15)(H,17,18)/t9-/m0/s1. The van der Waals surface area contributed by atoms with Crippen LogP contribution in [-0.4, -0.2) is 48.8 Å². The second kappa shape index (κ2) is 6.35. The van der Waals surface area contributed by atoms with Crippen LogP contribution in [0.2, 0.25) is 0 Å². The van der Waals surface area contributed by atoms with Crippen LogP contribution in [0.4, 0.5) is 0 Å². The molecule has 0 spiro atoms. The van der Waals surface area contributed by atoms with Gasteiger partial charge in [0.2, 0.25) is 0 Å². The monoisotopic (exact) mass is 315 g/mol. The Morgan fingerprint density at radius 2 is 1.86 bits per heavy atom. The summed E-state index contributed by atoms with van der Waals surface area (Å²) in [5, 5.41) is 19.4. The number of hydrogen-bond donors (Lipinski definition) is 3. The molecule has 8 nitrogen and oxygen atoms in total. The third kappa shape index (κ3) is 4.88. The maximum absolute atomic E-state index is 11.9. The Morgan fingerprint density at radius 3 is 2.33 bits per heavy atom. The molecule has 21 heavy (non-hydrogen) atoms. The maximum atomic E-state index is 11.9. The molecule has 1 amide bonds. The van der Waals surface area contributed by atoms with Crippen LogP contribution in [0.5, 0.6) is 0 Å². The predicted octanol–water partition coefficient (Wildman–Crippen LogP) is -0.252. The minimum absolute atomic E-state index is 0.0745. The van der Waals surface area contributed by atoms with Crippen molar-refractivity contribution in [2.24, 2.45) is 0 Å². The van der Waals surface area contributed by atoms with Gasteiger partial charge >= 0.3 is 11.9 Å². The summed E-state index contributed by atoms with van der Waals surface area (Å²) in [6.07, 6.45) is 0.182. The van der Waals surface area contributed by atoms with Crippen molar-refractivity contribution in [2.75, 3.05) is 6.26 Å². The molecular weight excluding hydrogens is 302 g/mol. The molecule has 9 heteroatoms. The Hall–Kier alpha value is -2.42. The fraction of sp³-hybridized carbons (Fsp3) is 0.250. The van der Waals surface area contributed by atoms with E-state index in [9.17, 15) is 22.8 Å². The first-order valence-corrected chi connectivity index (χ1v) is 7.56. The number of nitrogens with one attached hydrogen (secondary N) is 1. The minimum Gasteiger partial charge on any atom is -0.481 e. The number of aliphatic carboxylic acids is 2. The molecular formula is C12H13NO7S. The molecule has 0 saturated carbocycles. The molecule has 1 rings (SSSR count). The van der Waals surface area contributed by atoms with Gasteiger partial charge in [0, 0.05) is 11.8 Å². The summed E-state index contributed by atoms with van der Waals surface area (Å²) in [5.41, 5.74) is -0.0745. The second-order valence-corrected chi connectivity index (χ2v) is 6.28. The molecule has 0 unspecified atom stereocenters. The summed E-state index contributed by atoms with van der Waals surface area (Å²) in [6.45, 7) is 0. The molecule has 0 aliphatic rings. The number of benzene rings is 1. The highest BCUT2D eigenvalue weighted by atomic mass is 32.2. The molecule has 0 radical (unpaired) electrons. The van der Waals surface area contributed by atoms with Gasteiger partial charge in [-0.2, -0.15) is 0 Å². The predicted molar refractivity (Wildman–Crippen MR) is 70.7 cm³/mol. The number of carboxylic acids is 2. The van der Waals surface area contributed by atoms with Gasteiger partial charge in [0.05, 0.1) is 11.3 Å². The number of carboxylic acid groups (broad SMARTS) is 2. The fourth-order valence-electron chi connectivity index (χ4n) is 1.48. The number of rotatable bonds is 6. The largest absolute Gasteiger partial charge is 0.481 e. The van der Waals surface area contributed by atoms with E-state index in [1.54, 1.807) is 0 Å². The van der Waals surface area contributed by atoms with Crippen LogP contribution in [0.25, 0.3) is 0 Å². The van der Waals surface area contributed by atoms with Crippen LogP contribution in [0.1, 0.15) is 16.8 Å². The van der Waals surface area contributed by atoms with E-state index in [-0.39, 0.29) is 10.5 Å². The van der Waals surface area contributed by atoms with E-state index in [0.29, 0.717) is 0 Å². The first-order chi connectivity index (χ1) is 9.61. The summed E-state index contributed by atoms with van der Waals surface area (Å²) in [4.78, 5) is 33.1. The van der Waals surface area contributed by atoms with E-state index in [2.05, 4.69) is 0 Å². The van der Waals surface area contributed by atoms with Gasteiger partial charge in [-0.25, -0.2) is 13.2 Å². The number of sulfone groups is 1. The van der Waals surface area contributed by atoms with Crippen molar-refractivity contribution in [1.82, 2.24) is 5.32 Å². The van der Waals surface area contributed by atoms with E-state index in [1.807, 2.05) is 5.32 Å². The second-order valence-electron chi connectivity index (χ2n) is 4.26. The zero-order valence-corrected chi connectivity index (χ0v) is 11.8. The van der Waals surface area contributed by atoms with Crippen molar-refractivity contribution in [3.8, 4) is 0 Å². The first kappa shape index (κ1) is 16.6. The third-order valence-electron chi connectivity index (χ3n) is 2.51. The summed E-state index contributed by atoms with van der Waals surface area (Å²) in [7, 11) is -3.51. The summed E-state index contributed by atoms with van der Waals surface area (Å²) < 4.78 is 22.8. The lowest BCUT2D eigenvalue weighted by atomic mass is 10.1. The molecule has 1 aromatic carbocycles. The summed E-state index contributed by atoms with van der Waals surface area (Å²) in [6, 6.07) is 3.40. The highest BCUT2D eigenvalue weighted by Crippen LogP contribution is 2.11. The average Bonchev–Trinajstić information content (AvgIpc) is 2.36. The molecule has 0 aliphatic carbocycles. The van der Waals surface area contributed by atoms with Gasteiger partial charge in [-0.1, -0.05) is 6.07 Å². The molecule has 3 N–H and O–H groups in total. The Labute approximate surface area is 120 Å². The Morgan fingerprint density at radius 1 is 1.24 bits per heavy atom. The highest BCUT2D eigenvalue weighted by molar-refractivity contribution is 7.90. The summed E-state index contributed by atoms with van der Waals surface area (Å²) >= 11 is 0. The van der Waals surface area contributed by atoms with Crippen LogP contribution < -0.4 is 5.32 Å². The minimum atomic E-state index is -3.51. The first-order valence-electron chi connectivity index (χ1n) is 5.67. The number of hydrogen-bond acceptors (Lipinski definition) is 5. The van der Waals surface area contributed by atoms with Gasteiger partial charge in [0.25, 0.3) is 5.91 Å². The van der Waals surface area contributed by atoms with E-state index in [1.165, 1.54) is 18.2 Å². The van der Waals surface area contributed by atoms with Crippen molar-refractivity contribution in [2.45, 2.75) is 17.4 Å². The third-order valence-corrected chi connectivity index (χ3v) is 3.62. The normalized spacial score (nSPS) is 12.4. The van der Waals surface area contributed by atoms with E-state index in [4.69, 9.17) is 10.2 Å². The van der Waals surface area contributed by atoms with E-state index < -0.39 is 40.1 Å². The lowest BCUT2D eigenvalue weighted by Crippen LogP contribution is -2.42. The Bertz CT molecular complexity index is 681. The number of amides is 1. The van der Waals surface area contributed by atoms with E-state index in [0.717, 1.165) is 12.3 Å². The zero-order chi connectivity index (χ0) is 16.2. The number of carbonyl (C=O) groups is 3. The topological polar surface area (TPSA) is 138 Å². The Balaban J connectivity index is 2.98. The maximum Gasteiger partial charge on any atom is 0.326 e. The Kier molecular flexibility index (Phi) is 5.03. The van der Waals surface area contributed by atoms with Crippen molar-refractivity contribution < 1.29 is 33.0 Å². The average molecular weight is 315 g/mol. The molecule has 1 atom stereocenters. The van der Waals surface area contributed by atoms with Crippen LogP contribution in [0.3, 0.4) is 0 Å². The smallest absolute Gasteiger partial charge is 0.326 e. The fourth-order valence-corrected chi connectivity index (χ4v) is 2.15. The SMILES string of the molecule is CS(=O)(=O)c1cccc(C(=O)N[C@@H](CC(=O)O)C(=O)O)c1. The van der Waals surface area contributed by atoms with Crippen LogP contribution in [0.15, 0.2) is 29.2 Å². The molecule has 0 aliphatic heterocycles. The van der Waals surface area contributed by atoms with Crippen molar-refractivity contribution >= 4 is 27.7 Å². The van der Waals surface area contributed by atoms with Gasteiger partial charge in [0.1, 0.15) is 6.04 Å².